The highest BCUT2D eigenvalue weighted by Crippen LogP contribution is 2.19. The highest BCUT2D eigenvalue weighted by Gasteiger charge is 2.21. The summed E-state index contributed by atoms with van der Waals surface area (Å²) in [7, 11) is 0. The third-order valence-electron chi connectivity index (χ3n) is 1.51. The second-order valence-electron chi connectivity index (χ2n) is 2.13. The van der Waals surface area contributed by atoms with Crippen LogP contribution in [0.5, 0.6) is 0 Å². The van der Waals surface area contributed by atoms with E-state index in [1.807, 2.05) is 0 Å². The molecule has 2 rings (SSSR count). The van der Waals surface area contributed by atoms with Gasteiger partial charge in [0.25, 0.3) is 0 Å². The van der Waals surface area contributed by atoms with E-state index in [0.717, 1.165) is 13.1 Å². The van der Waals surface area contributed by atoms with Gasteiger partial charge in [0.1, 0.15) is 10.5 Å². The Balaban J connectivity index is 0.000000500. The van der Waals surface area contributed by atoms with Gasteiger partial charge in [-0.25, -0.2) is 0 Å². The predicted molar refractivity (Wildman–Crippen MR) is 42.8 cm³/mol. The number of aromatic nitrogens is 2. The first-order valence-corrected chi connectivity index (χ1v) is 3.81. The van der Waals surface area contributed by atoms with Crippen molar-refractivity contribution in [3.8, 4) is 0 Å². The molecule has 0 spiro atoms. The second kappa shape index (κ2) is 3.27. The number of nitrogens with zero attached hydrogens (tertiary/aromatic N) is 2. The molecule has 3 nitrogen and oxygen atoms in total. The van der Waals surface area contributed by atoms with Crippen LogP contribution >= 0.6 is 23.7 Å². The SMILES string of the molecule is Cl.c1nnc(C2CNC2)s1. The van der Waals surface area contributed by atoms with E-state index in [0.29, 0.717) is 5.92 Å². The second-order valence-corrected chi connectivity index (χ2v) is 3.00. The third kappa shape index (κ3) is 1.28. The summed E-state index contributed by atoms with van der Waals surface area (Å²) in [5.74, 6) is 0.650. The number of hydrogen-bond donors (Lipinski definition) is 1. The standard InChI is InChI=1S/C5H7N3S.ClH/c1-4(2-6-1)5-8-7-3-9-5;/h3-4,6H,1-2H2;1H. The molecule has 0 bridgehead atoms. The molecule has 1 aromatic heterocycles. The molecule has 1 aliphatic heterocycles. The molecule has 1 aliphatic rings. The van der Waals surface area contributed by atoms with E-state index in [1.54, 1.807) is 16.8 Å². The smallest absolute Gasteiger partial charge is 0.122 e. The van der Waals surface area contributed by atoms with Gasteiger partial charge >= 0.3 is 0 Å². The van der Waals surface area contributed by atoms with Crippen molar-refractivity contribution in [3.63, 3.8) is 0 Å². The fraction of sp³-hybridized carbons (Fsp3) is 0.600. The zero-order valence-corrected chi connectivity index (χ0v) is 6.91. The molecule has 1 N–H and O–H groups in total. The number of nitrogens with one attached hydrogen (secondary N) is 1. The number of hydrogen-bond acceptors (Lipinski definition) is 4. The minimum absolute atomic E-state index is 0. The lowest BCUT2D eigenvalue weighted by molar-refractivity contribution is 0.444. The lowest BCUT2D eigenvalue weighted by Crippen LogP contribution is -2.39. The van der Waals surface area contributed by atoms with Gasteiger partial charge in [0.2, 0.25) is 0 Å². The topological polar surface area (TPSA) is 37.8 Å². The Bertz CT molecular complexity index is 185. The molecule has 1 fully saturated rings. The van der Waals surface area contributed by atoms with E-state index in [-0.39, 0.29) is 12.4 Å². The molecule has 0 aliphatic carbocycles. The van der Waals surface area contributed by atoms with Gasteiger partial charge in [0.05, 0.1) is 0 Å². The van der Waals surface area contributed by atoms with Crippen LogP contribution < -0.4 is 5.32 Å². The maximum absolute atomic E-state index is 3.97. The van der Waals surface area contributed by atoms with Crippen LogP contribution in [0.25, 0.3) is 0 Å². The fourth-order valence-corrected chi connectivity index (χ4v) is 1.48. The minimum atomic E-state index is 0. The maximum atomic E-state index is 3.97. The Kier molecular flexibility index (Phi) is 2.59. The van der Waals surface area contributed by atoms with Gasteiger partial charge in [0.15, 0.2) is 0 Å². The molecule has 5 heteroatoms. The zero-order valence-electron chi connectivity index (χ0n) is 5.28. The Morgan fingerprint density at radius 2 is 2.40 bits per heavy atom. The third-order valence-corrected chi connectivity index (χ3v) is 2.36. The lowest BCUT2D eigenvalue weighted by Gasteiger charge is -2.23. The summed E-state index contributed by atoms with van der Waals surface area (Å²) in [5, 5.41) is 12.1. The van der Waals surface area contributed by atoms with Crippen LogP contribution in [0.2, 0.25) is 0 Å². The van der Waals surface area contributed by atoms with Gasteiger partial charge in [0, 0.05) is 19.0 Å². The Hall–Kier alpha value is -0.190. The van der Waals surface area contributed by atoms with Gasteiger partial charge in [-0.1, -0.05) is 0 Å². The monoisotopic (exact) mass is 177 g/mol. The first-order chi connectivity index (χ1) is 4.47. The van der Waals surface area contributed by atoms with Crippen molar-refractivity contribution in [3.05, 3.63) is 10.5 Å². The fourth-order valence-electron chi connectivity index (χ4n) is 0.823. The lowest BCUT2D eigenvalue weighted by atomic mass is 10.1. The molecule has 1 aromatic rings. The van der Waals surface area contributed by atoms with Gasteiger partial charge in [-0.15, -0.1) is 33.9 Å². The average Bonchev–Trinajstić information content (AvgIpc) is 2.11. The summed E-state index contributed by atoms with van der Waals surface area (Å²) in [6, 6.07) is 0. The first kappa shape index (κ1) is 7.91. The average molecular weight is 178 g/mol. The van der Waals surface area contributed by atoms with Crippen LogP contribution in [0.15, 0.2) is 5.51 Å². The quantitative estimate of drug-likeness (QED) is 0.685. The summed E-state index contributed by atoms with van der Waals surface area (Å²) in [5.41, 5.74) is 1.79. The molecular weight excluding hydrogens is 170 g/mol. The summed E-state index contributed by atoms with van der Waals surface area (Å²) in [4.78, 5) is 0. The minimum Gasteiger partial charge on any atom is -0.315 e. The van der Waals surface area contributed by atoms with Crippen molar-refractivity contribution < 1.29 is 0 Å². The van der Waals surface area contributed by atoms with E-state index in [9.17, 15) is 0 Å². The molecule has 56 valence electrons. The normalized spacial score (nSPS) is 17.6. The summed E-state index contributed by atoms with van der Waals surface area (Å²) >= 11 is 1.64. The van der Waals surface area contributed by atoms with Crippen molar-refractivity contribution in [1.82, 2.24) is 15.5 Å². The Labute approximate surface area is 69.3 Å². The Morgan fingerprint density at radius 3 is 2.80 bits per heavy atom. The summed E-state index contributed by atoms with van der Waals surface area (Å²) in [6.07, 6.45) is 0. The van der Waals surface area contributed by atoms with Crippen molar-refractivity contribution >= 4 is 23.7 Å². The van der Waals surface area contributed by atoms with E-state index in [1.165, 1.54) is 5.01 Å². The van der Waals surface area contributed by atoms with E-state index < -0.39 is 0 Å². The van der Waals surface area contributed by atoms with Crippen LogP contribution in [0.3, 0.4) is 0 Å². The van der Waals surface area contributed by atoms with Crippen LogP contribution in [0, 0.1) is 0 Å². The largest absolute Gasteiger partial charge is 0.315 e. The molecule has 1 saturated heterocycles. The van der Waals surface area contributed by atoms with Crippen molar-refractivity contribution in [2.45, 2.75) is 5.92 Å². The molecular formula is C5H8ClN3S. The van der Waals surface area contributed by atoms with Crippen molar-refractivity contribution in [2.24, 2.45) is 0 Å². The number of halogens is 1. The zero-order chi connectivity index (χ0) is 6.10. The van der Waals surface area contributed by atoms with E-state index in [4.69, 9.17) is 0 Å². The molecule has 0 radical (unpaired) electrons. The van der Waals surface area contributed by atoms with Gasteiger partial charge in [-0.2, -0.15) is 0 Å². The van der Waals surface area contributed by atoms with Gasteiger partial charge in [-0.05, 0) is 0 Å². The van der Waals surface area contributed by atoms with Crippen molar-refractivity contribution in [1.29, 1.82) is 0 Å². The molecule has 10 heavy (non-hydrogen) atoms. The van der Waals surface area contributed by atoms with E-state index in [2.05, 4.69) is 15.5 Å². The van der Waals surface area contributed by atoms with Crippen LogP contribution in [-0.2, 0) is 0 Å². The molecule has 0 atom stereocenters. The molecule has 0 amide bonds. The Morgan fingerprint density at radius 1 is 1.60 bits per heavy atom. The summed E-state index contributed by atoms with van der Waals surface area (Å²) < 4.78 is 0. The molecule has 0 saturated carbocycles. The van der Waals surface area contributed by atoms with Crippen LogP contribution in [0.4, 0.5) is 0 Å². The van der Waals surface area contributed by atoms with Gasteiger partial charge < -0.3 is 5.32 Å². The highest BCUT2D eigenvalue weighted by molar-refractivity contribution is 7.09. The van der Waals surface area contributed by atoms with Crippen LogP contribution in [-0.4, -0.2) is 23.3 Å². The van der Waals surface area contributed by atoms with Gasteiger partial charge in [-0.3, -0.25) is 0 Å². The number of rotatable bonds is 1. The first-order valence-electron chi connectivity index (χ1n) is 2.93. The van der Waals surface area contributed by atoms with E-state index >= 15 is 0 Å². The molecule has 2 heterocycles. The predicted octanol–water partition coefficient (Wildman–Crippen LogP) is 0.647. The highest BCUT2D eigenvalue weighted by atomic mass is 35.5. The molecule has 0 aromatic carbocycles. The molecule has 0 unspecified atom stereocenters. The summed E-state index contributed by atoms with van der Waals surface area (Å²) in [6.45, 7) is 2.16. The van der Waals surface area contributed by atoms with Crippen molar-refractivity contribution in [2.75, 3.05) is 13.1 Å². The van der Waals surface area contributed by atoms with Crippen LogP contribution in [0.1, 0.15) is 10.9 Å². The maximum Gasteiger partial charge on any atom is 0.122 e.